The molecule has 0 unspecified atom stereocenters. The van der Waals surface area contributed by atoms with E-state index < -0.39 is 22.2 Å². The second-order valence-corrected chi connectivity index (χ2v) is 15.7. The number of ether oxygens (including phenoxy) is 1. The lowest BCUT2D eigenvalue weighted by Crippen LogP contribution is -2.55. The van der Waals surface area contributed by atoms with Crippen molar-refractivity contribution < 1.29 is 17.9 Å². The van der Waals surface area contributed by atoms with Crippen molar-refractivity contribution in [3.8, 4) is 17.1 Å². The number of nitrogens with one attached hydrogen (secondary N) is 1. The summed E-state index contributed by atoms with van der Waals surface area (Å²) in [6.45, 7) is 8.25. The molecule has 256 valence electrons. The number of carbonyl (C=O) groups excluding carboxylic acids is 1. The molecule has 2 aromatic heterocycles. The summed E-state index contributed by atoms with van der Waals surface area (Å²) >= 11 is 0. The first-order valence-corrected chi connectivity index (χ1v) is 18.6. The van der Waals surface area contributed by atoms with E-state index in [-0.39, 0.29) is 40.2 Å². The minimum Gasteiger partial charge on any atom is -0.472 e. The van der Waals surface area contributed by atoms with Crippen molar-refractivity contribution in [1.82, 2.24) is 24.8 Å². The van der Waals surface area contributed by atoms with Crippen LogP contribution >= 0.6 is 0 Å². The Morgan fingerprint density at radius 3 is 2.45 bits per heavy atom. The molecule has 3 aliphatic rings. The highest BCUT2D eigenvalue weighted by molar-refractivity contribution is 7.92. The maximum Gasteiger partial charge on any atom is 0.264 e. The van der Waals surface area contributed by atoms with Gasteiger partial charge in [0.25, 0.3) is 15.9 Å². The SMILES string of the molecule is Cc1cccc(C)c1-c1cc2nc(n1)NS(=O)(=O)c1cccc(c1)C(=O)N1[C@@H](c3cncc(N(C)C4CCC4)n3)CC[C@H](O2)[C@H]1CC(C)C. The van der Waals surface area contributed by atoms with E-state index in [9.17, 15) is 13.2 Å². The van der Waals surface area contributed by atoms with Crippen molar-refractivity contribution in [2.75, 3.05) is 16.7 Å². The van der Waals surface area contributed by atoms with Gasteiger partial charge in [-0.1, -0.05) is 38.1 Å². The van der Waals surface area contributed by atoms with Crippen LogP contribution in [0.4, 0.5) is 11.8 Å². The van der Waals surface area contributed by atoms with Crippen LogP contribution in [-0.4, -0.2) is 64.4 Å². The Labute approximate surface area is 288 Å². The van der Waals surface area contributed by atoms with Gasteiger partial charge >= 0.3 is 0 Å². The highest BCUT2D eigenvalue weighted by Gasteiger charge is 2.44. The molecular formula is C37H43N7O4S. The van der Waals surface area contributed by atoms with Gasteiger partial charge in [-0.25, -0.2) is 23.1 Å². The summed E-state index contributed by atoms with van der Waals surface area (Å²) in [7, 11) is -2.12. The van der Waals surface area contributed by atoms with Crippen LogP contribution in [0.25, 0.3) is 11.3 Å². The van der Waals surface area contributed by atoms with E-state index in [0.29, 0.717) is 36.7 Å². The molecule has 0 radical (unpaired) electrons. The minimum atomic E-state index is -4.17. The molecule has 2 aliphatic heterocycles. The Morgan fingerprint density at radius 2 is 1.73 bits per heavy atom. The van der Waals surface area contributed by atoms with Gasteiger partial charge in [-0.2, -0.15) is 4.98 Å². The van der Waals surface area contributed by atoms with Crippen LogP contribution in [0.5, 0.6) is 5.88 Å². The topological polar surface area (TPSA) is 131 Å². The van der Waals surface area contributed by atoms with Crippen LogP contribution in [0.1, 0.15) is 85.6 Å². The van der Waals surface area contributed by atoms with Crippen LogP contribution in [0.3, 0.4) is 0 Å². The fraction of sp³-hybridized carbons (Fsp3) is 0.432. The monoisotopic (exact) mass is 681 g/mol. The molecule has 2 fully saturated rings. The van der Waals surface area contributed by atoms with Gasteiger partial charge < -0.3 is 14.5 Å². The molecule has 12 heteroatoms. The molecule has 1 aliphatic carbocycles. The summed E-state index contributed by atoms with van der Waals surface area (Å²) in [4.78, 5) is 37.7. The molecule has 1 amide bonds. The van der Waals surface area contributed by atoms with Crippen molar-refractivity contribution in [3.63, 3.8) is 0 Å². The van der Waals surface area contributed by atoms with Crippen LogP contribution in [0, 0.1) is 19.8 Å². The van der Waals surface area contributed by atoms with Gasteiger partial charge in [0.1, 0.15) is 11.9 Å². The average Bonchev–Trinajstić information content (AvgIpc) is 3.03. The van der Waals surface area contributed by atoms with E-state index in [2.05, 4.69) is 45.5 Å². The predicted octanol–water partition coefficient (Wildman–Crippen LogP) is 6.49. The standard InChI is InChI=1S/C37H43N7O4S/c1-22(2)17-31-32-16-15-30(29-20-38-21-33(39-29)43(5)26-12-8-13-26)44(31)36(45)25-11-7-14-27(18-25)49(46,47)42-37-40-28(19-34(41-37)48-32)35-23(3)9-6-10-24(35)4/h6-7,9-11,14,18-22,26,30-32H,8,12-13,15-17H2,1-5H3,(H,40,41,42)/t30-,31-,32+/m1/s1. The predicted molar refractivity (Wildman–Crippen MR) is 188 cm³/mol. The number of nitrogens with zero attached hydrogens (tertiary/aromatic N) is 6. The molecule has 4 aromatic rings. The Bertz CT molecular complexity index is 1980. The summed E-state index contributed by atoms with van der Waals surface area (Å²) in [6.07, 6.45) is 8.41. The third kappa shape index (κ3) is 6.46. The Kier molecular flexibility index (Phi) is 8.76. The number of amides is 1. The van der Waals surface area contributed by atoms with Crippen LogP contribution < -0.4 is 14.4 Å². The maximum atomic E-state index is 14.8. The number of rotatable bonds is 6. The zero-order valence-corrected chi connectivity index (χ0v) is 29.4. The van der Waals surface area contributed by atoms with E-state index in [1.54, 1.807) is 30.6 Å². The van der Waals surface area contributed by atoms with E-state index in [1.807, 2.05) is 36.9 Å². The lowest BCUT2D eigenvalue weighted by Gasteiger charge is -2.46. The molecule has 4 heterocycles. The number of hydrogen-bond donors (Lipinski definition) is 1. The second kappa shape index (κ2) is 13.0. The lowest BCUT2D eigenvalue weighted by molar-refractivity contribution is -0.0119. The van der Waals surface area contributed by atoms with E-state index in [1.165, 1.54) is 18.6 Å². The first-order valence-electron chi connectivity index (χ1n) is 17.1. The van der Waals surface area contributed by atoms with E-state index in [4.69, 9.17) is 9.72 Å². The number of fused-ring (bicyclic) bond motifs is 6. The Hall–Kier alpha value is -4.58. The molecule has 11 nitrogen and oxygen atoms in total. The normalized spacial score (nSPS) is 21.8. The summed E-state index contributed by atoms with van der Waals surface area (Å²) in [5, 5.41) is 0. The molecule has 49 heavy (non-hydrogen) atoms. The fourth-order valence-corrected chi connectivity index (χ4v) is 8.34. The molecule has 2 aromatic carbocycles. The van der Waals surface area contributed by atoms with Crippen LogP contribution in [0.15, 0.2) is 65.8 Å². The molecule has 1 saturated carbocycles. The first kappa shape index (κ1) is 32.9. The zero-order chi connectivity index (χ0) is 34.4. The number of anilines is 2. The summed E-state index contributed by atoms with van der Waals surface area (Å²) in [5.74, 6) is 0.867. The van der Waals surface area contributed by atoms with Gasteiger partial charge in [-0.3, -0.25) is 9.78 Å². The van der Waals surface area contributed by atoms with E-state index in [0.717, 1.165) is 35.3 Å². The number of carbonyl (C=O) groups is 1. The lowest BCUT2D eigenvalue weighted by atomic mass is 9.86. The average molecular weight is 682 g/mol. The number of benzene rings is 2. The third-order valence-electron chi connectivity index (χ3n) is 10.1. The van der Waals surface area contributed by atoms with Crippen molar-refractivity contribution in [2.45, 2.75) is 95.3 Å². The molecule has 1 N–H and O–H groups in total. The van der Waals surface area contributed by atoms with Gasteiger partial charge in [-0.15, -0.1) is 0 Å². The van der Waals surface area contributed by atoms with Crippen LogP contribution in [-0.2, 0) is 10.0 Å². The summed E-state index contributed by atoms with van der Waals surface area (Å²) in [6, 6.07) is 13.6. The van der Waals surface area contributed by atoms with Crippen molar-refractivity contribution >= 4 is 27.7 Å². The smallest absolute Gasteiger partial charge is 0.264 e. The molecule has 6 bridgehead atoms. The van der Waals surface area contributed by atoms with Gasteiger partial charge in [0, 0.05) is 30.3 Å². The molecule has 7 rings (SSSR count). The highest BCUT2D eigenvalue weighted by atomic mass is 32.2. The number of piperidine rings is 1. The van der Waals surface area contributed by atoms with E-state index >= 15 is 0 Å². The molecule has 3 atom stereocenters. The Balaban J connectivity index is 1.38. The first-order chi connectivity index (χ1) is 23.5. The van der Waals surface area contributed by atoms with Crippen molar-refractivity contribution in [1.29, 1.82) is 0 Å². The van der Waals surface area contributed by atoms with Gasteiger partial charge in [0.2, 0.25) is 11.8 Å². The van der Waals surface area contributed by atoms with Gasteiger partial charge in [0.05, 0.1) is 40.8 Å². The third-order valence-corrected chi connectivity index (χ3v) is 11.4. The number of aryl methyl sites for hydroxylation is 2. The van der Waals surface area contributed by atoms with Crippen molar-refractivity contribution in [2.24, 2.45) is 5.92 Å². The fourth-order valence-electron chi connectivity index (χ4n) is 7.35. The maximum absolute atomic E-state index is 14.8. The second-order valence-electron chi connectivity index (χ2n) is 14.0. The summed E-state index contributed by atoms with van der Waals surface area (Å²) < 4.78 is 36.9. The largest absolute Gasteiger partial charge is 0.472 e. The minimum absolute atomic E-state index is 0.0597. The van der Waals surface area contributed by atoms with Crippen LogP contribution in [0.2, 0.25) is 0 Å². The quantitative estimate of drug-likeness (QED) is 0.243. The number of aromatic nitrogens is 4. The summed E-state index contributed by atoms with van der Waals surface area (Å²) in [5.41, 5.74) is 4.38. The van der Waals surface area contributed by atoms with Gasteiger partial charge in [0.15, 0.2) is 0 Å². The molecule has 1 saturated heterocycles. The zero-order valence-electron chi connectivity index (χ0n) is 28.6. The Morgan fingerprint density at radius 1 is 0.980 bits per heavy atom. The number of sulfonamides is 1. The van der Waals surface area contributed by atoms with Crippen molar-refractivity contribution in [3.05, 3.63) is 83.3 Å². The highest BCUT2D eigenvalue weighted by Crippen LogP contribution is 2.40. The molecular weight excluding hydrogens is 639 g/mol. The van der Waals surface area contributed by atoms with Gasteiger partial charge in [-0.05, 0) is 87.6 Å². The molecule has 0 spiro atoms. The number of hydrogen-bond acceptors (Lipinski definition) is 9.